The molecular weight excluding hydrogens is 234 g/mol. The molecule has 1 aromatic rings. The highest BCUT2D eigenvalue weighted by molar-refractivity contribution is 5.74. The Hall–Kier alpha value is -1.75. The Balaban J connectivity index is 2.90. The number of benzene rings is 1. The van der Waals surface area contributed by atoms with Crippen LogP contribution in [0.15, 0.2) is 18.2 Å². The number of rotatable bonds is 6. The molecule has 0 heterocycles. The van der Waals surface area contributed by atoms with E-state index in [0.29, 0.717) is 18.7 Å². The third-order valence-corrected chi connectivity index (χ3v) is 2.99. The SMILES string of the molecule is CCN(C)C(Cc1ccc(O)c(OC)c1)C(=O)O. The zero-order valence-corrected chi connectivity index (χ0v) is 10.9. The zero-order valence-electron chi connectivity index (χ0n) is 10.9. The molecule has 1 aromatic carbocycles. The molecule has 2 N–H and O–H groups in total. The van der Waals surface area contributed by atoms with Crippen LogP contribution in [-0.4, -0.2) is 47.8 Å². The number of carbonyl (C=O) groups is 1. The summed E-state index contributed by atoms with van der Waals surface area (Å²) >= 11 is 0. The van der Waals surface area contributed by atoms with Gasteiger partial charge in [0.25, 0.3) is 0 Å². The maximum atomic E-state index is 11.2. The molecule has 1 atom stereocenters. The number of carboxylic acid groups (broad SMARTS) is 1. The van der Waals surface area contributed by atoms with Crippen molar-refractivity contribution in [3.05, 3.63) is 23.8 Å². The number of phenolic OH excluding ortho intramolecular Hbond substituents is 1. The third kappa shape index (κ3) is 3.37. The number of aromatic hydroxyl groups is 1. The molecule has 0 spiro atoms. The number of ether oxygens (including phenoxy) is 1. The molecule has 0 aliphatic carbocycles. The summed E-state index contributed by atoms with van der Waals surface area (Å²) in [5.41, 5.74) is 0.817. The molecule has 100 valence electrons. The van der Waals surface area contributed by atoms with Crippen molar-refractivity contribution in [2.24, 2.45) is 0 Å². The highest BCUT2D eigenvalue weighted by Crippen LogP contribution is 2.27. The van der Waals surface area contributed by atoms with Gasteiger partial charge in [-0.05, 0) is 37.7 Å². The Bertz CT molecular complexity index is 419. The van der Waals surface area contributed by atoms with Crippen LogP contribution in [0, 0.1) is 0 Å². The van der Waals surface area contributed by atoms with Crippen LogP contribution in [-0.2, 0) is 11.2 Å². The lowest BCUT2D eigenvalue weighted by Gasteiger charge is -2.23. The van der Waals surface area contributed by atoms with Gasteiger partial charge in [0.2, 0.25) is 0 Å². The highest BCUT2D eigenvalue weighted by atomic mass is 16.5. The summed E-state index contributed by atoms with van der Waals surface area (Å²) in [6, 6.07) is 4.30. The van der Waals surface area contributed by atoms with Gasteiger partial charge in [-0.15, -0.1) is 0 Å². The fourth-order valence-electron chi connectivity index (χ4n) is 1.72. The number of aliphatic carboxylic acids is 1. The van der Waals surface area contributed by atoms with Crippen molar-refractivity contribution in [3.63, 3.8) is 0 Å². The third-order valence-electron chi connectivity index (χ3n) is 2.99. The fourth-order valence-corrected chi connectivity index (χ4v) is 1.72. The first-order valence-corrected chi connectivity index (χ1v) is 5.78. The van der Waals surface area contributed by atoms with Crippen LogP contribution in [0.1, 0.15) is 12.5 Å². The molecule has 18 heavy (non-hydrogen) atoms. The normalized spacial score (nSPS) is 12.4. The first-order chi connectivity index (χ1) is 8.49. The van der Waals surface area contributed by atoms with Crippen LogP contribution in [0.2, 0.25) is 0 Å². The molecule has 0 aliphatic rings. The number of hydrogen-bond donors (Lipinski definition) is 2. The van der Waals surface area contributed by atoms with Gasteiger partial charge in [-0.1, -0.05) is 13.0 Å². The van der Waals surface area contributed by atoms with E-state index in [1.54, 1.807) is 24.1 Å². The van der Waals surface area contributed by atoms with Crippen LogP contribution in [0.5, 0.6) is 11.5 Å². The number of carboxylic acids is 1. The van der Waals surface area contributed by atoms with Crippen LogP contribution in [0.25, 0.3) is 0 Å². The van der Waals surface area contributed by atoms with Crippen molar-refractivity contribution < 1.29 is 19.7 Å². The Labute approximate surface area is 107 Å². The maximum absolute atomic E-state index is 11.2. The van der Waals surface area contributed by atoms with Crippen molar-refractivity contribution in [2.45, 2.75) is 19.4 Å². The predicted octanol–water partition coefficient (Wildman–Crippen LogP) is 1.35. The van der Waals surface area contributed by atoms with Crippen LogP contribution < -0.4 is 4.74 Å². The monoisotopic (exact) mass is 253 g/mol. The molecule has 0 amide bonds. The quantitative estimate of drug-likeness (QED) is 0.800. The van der Waals surface area contributed by atoms with E-state index in [2.05, 4.69) is 0 Å². The summed E-state index contributed by atoms with van der Waals surface area (Å²) in [7, 11) is 3.24. The molecule has 5 heteroatoms. The lowest BCUT2D eigenvalue weighted by atomic mass is 10.0. The molecule has 0 radical (unpaired) electrons. The van der Waals surface area contributed by atoms with Gasteiger partial charge in [0.1, 0.15) is 6.04 Å². The van der Waals surface area contributed by atoms with Crippen LogP contribution in [0.3, 0.4) is 0 Å². The minimum Gasteiger partial charge on any atom is -0.504 e. The van der Waals surface area contributed by atoms with Gasteiger partial charge in [-0.3, -0.25) is 9.69 Å². The molecular formula is C13H19NO4. The van der Waals surface area contributed by atoms with Crippen molar-refractivity contribution in [1.29, 1.82) is 0 Å². The first-order valence-electron chi connectivity index (χ1n) is 5.78. The van der Waals surface area contributed by atoms with E-state index in [4.69, 9.17) is 4.74 Å². The molecule has 5 nitrogen and oxygen atoms in total. The standard InChI is InChI=1S/C13H19NO4/c1-4-14(2)10(13(16)17)7-9-5-6-11(15)12(8-9)18-3/h5-6,8,10,15H,4,7H2,1-3H3,(H,16,17). The number of methoxy groups -OCH3 is 1. The highest BCUT2D eigenvalue weighted by Gasteiger charge is 2.22. The second-order valence-electron chi connectivity index (χ2n) is 4.14. The molecule has 0 aromatic heterocycles. The smallest absolute Gasteiger partial charge is 0.321 e. The average Bonchev–Trinajstić information content (AvgIpc) is 2.36. The Morgan fingerprint density at radius 1 is 1.50 bits per heavy atom. The van der Waals surface area contributed by atoms with Gasteiger partial charge in [-0.2, -0.15) is 0 Å². The number of phenols is 1. The van der Waals surface area contributed by atoms with E-state index in [9.17, 15) is 15.0 Å². The second-order valence-corrected chi connectivity index (χ2v) is 4.14. The lowest BCUT2D eigenvalue weighted by molar-refractivity contribution is -0.142. The predicted molar refractivity (Wildman–Crippen MR) is 68.1 cm³/mol. The Morgan fingerprint density at radius 3 is 2.67 bits per heavy atom. The van der Waals surface area contributed by atoms with Crippen molar-refractivity contribution >= 4 is 5.97 Å². The lowest BCUT2D eigenvalue weighted by Crippen LogP contribution is -2.39. The summed E-state index contributed by atoms with van der Waals surface area (Å²) < 4.78 is 5.00. The van der Waals surface area contributed by atoms with E-state index in [1.165, 1.54) is 13.2 Å². The van der Waals surface area contributed by atoms with Crippen LogP contribution >= 0.6 is 0 Å². The Kier molecular flexibility index (Phi) is 4.97. The van der Waals surface area contributed by atoms with Gasteiger partial charge in [-0.25, -0.2) is 0 Å². The maximum Gasteiger partial charge on any atom is 0.321 e. The Morgan fingerprint density at radius 2 is 2.17 bits per heavy atom. The summed E-state index contributed by atoms with van der Waals surface area (Å²) in [5, 5.41) is 18.7. The molecule has 0 saturated carbocycles. The summed E-state index contributed by atoms with van der Waals surface area (Å²) in [6.45, 7) is 2.57. The largest absolute Gasteiger partial charge is 0.504 e. The molecule has 1 rings (SSSR count). The molecule has 0 aliphatic heterocycles. The van der Waals surface area contributed by atoms with E-state index in [0.717, 1.165) is 5.56 Å². The van der Waals surface area contributed by atoms with Gasteiger partial charge < -0.3 is 14.9 Å². The fraction of sp³-hybridized carbons (Fsp3) is 0.462. The average molecular weight is 253 g/mol. The summed E-state index contributed by atoms with van der Waals surface area (Å²) in [6.07, 6.45) is 0.371. The molecule has 0 saturated heterocycles. The van der Waals surface area contributed by atoms with Gasteiger partial charge in [0, 0.05) is 0 Å². The van der Waals surface area contributed by atoms with Crippen molar-refractivity contribution in [2.75, 3.05) is 20.7 Å². The summed E-state index contributed by atoms with van der Waals surface area (Å²) in [5.74, 6) is -0.445. The van der Waals surface area contributed by atoms with Gasteiger partial charge in [0.05, 0.1) is 7.11 Å². The molecule has 0 bridgehead atoms. The van der Waals surface area contributed by atoms with Gasteiger partial charge >= 0.3 is 5.97 Å². The van der Waals surface area contributed by atoms with E-state index < -0.39 is 12.0 Å². The topological polar surface area (TPSA) is 70.0 Å². The zero-order chi connectivity index (χ0) is 13.7. The van der Waals surface area contributed by atoms with Crippen molar-refractivity contribution in [1.82, 2.24) is 4.90 Å². The number of likely N-dealkylation sites (N-methyl/N-ethyl adjacent to an activating group) is 1. The first kappa shape index (κ1) is 14.3. The van der Waals surface area contributed by atoms with E-state index in [1.807, 2.05) is 6.92 Å². The molecule has 1 unspecified atom stereocenters. The van der Waals surface area contributed by atoms with E-state index in [-0.39, 0.29) is 5.75 Å². The minimum absolute atomic E-state index is 0.0528. The number of nitrogens with zero attached hydrogens (tertiary/aromatic N) is 1. The molecule has 0 fully saturated rings. The minimum atomic E-state index is -0.855. The summed E-state index contributed by atoms with van der Waals surface area (Å²) in [4.78, 5) is 13.0. The van der Waals surface area contributed by atoms with E-state index >= 15 is 0 Å². The van der Waals surface area contributed by atoms with Crippen LogP contribution in [0.4, 0.5) is 0 Å². The van der Waals surface area contributed by atoms with Gasteiger partial charge in [0.15, 0.2) is 11.5 Å². The van der Waals surface area contributed by atoms with Crippen molar-refractivity contribution in [3.8, 4) is 11.5 Å². The number of hydrogen-bond acceptors (Lipinski definition) is 4. The second kappa shape index (κ2) is 6.26.